The van der Waals surface area contributed by atoms with E-state index in [1.165, 1.54) is 13.2 Å². The molecule has 0 saturated heterocycles. The van der Waals surface area contributed by atoms with Gasteiger partial charge in [-0.05, 0) is 23.8 Å². The number of rotatable bonds is 3. The van der Waals surface area contributed by atoms with Crippen molar-refractivity contribution in [2.75, 3.05) is 12.6 Å². The lowest BCUT2D eigenvalue weighted by atomic mass is 9.96. The highest BCUT2D eigenvalue weighted by molar-refractivity contribution is 5.99. The van der Waals surface area contributed by atoms with Gasteiger partial charge in [-0.3, -0.25) is 10.7 Å². The molecule has 0 unspecified atom stereocenters. The number of nitriles is 1. The second-order valence-corrected chi connectivity index (χ2v) is 4.02. The number of hydrogen-bond acceptors (Lipinski definition) is 5. The Morgan fingerprint density at radius 3 is 2.65 bits per heavy atom. The molecular formula is C15H12N2O3. The molecule has 0 aromatic heterocycles. The molecule has 0 radical (unpaired) electrons. The number of anilines is 1. The van der Waals surface area contributed by atoms with Gasteiger partial charge in [0, 0.05) is 5.56 Å². The molecule has 5 nitrogen and oxygen atoms in total. The zero-order valence-corrected chi connectivity index (χ0v) is 10.8. The minimum atomic E-state index is -0.537. The molecule has 0 aliphatic carbocycles. The molecule has 0 aliphatic heterocycles. The maximum absolute atomic E-state index is 11.9. The number of hydrogen-bond donors (Lipinski definition) is 2. The zero-order chi connectivity index (χ0) is 14.5. The number of ether oxygens (including phenoxy) is 1. The van der Waals surface area contributed by atoms with Gasteiger partial charge in [0.25, 0.3) is 0 Å². The van der Waals surface area contributed by atoms with Crippen molar-refractivity contribution in [2.24, 2.45) is 0 Å². The first-order valence-electron chi connectivity index (χ1n) is 5.83. The Kier molecular flexibility index (Phi) is 3.99. The summed E-state index contributed by atoms with van der Waals surface area (Å²) in [5, 5.41) is 18.1. The van der Waals surface area contributed by atoms with Crippen molar-refractivity contribution < 1.29 is 14.7 Å². The van der Waals surface area contributed by atoms with Gasteiger partial charge >= 0.3 is 5.97 Å². The minimum absolute atomic E-state index is 0.272. The van der Waals surface area contributed by atoms with E-state index in [-0.39, 0.29) is 5.56 Å². The van der Waals surface area contributed by atoms with Crippen molar-refractivity contribution in [1.29, 1.82) is 5.26 Å². The number of para-hydroxylation sites is 1. The molecule has 0 bridgehead atoms. The molecule has 2 aromatic rings. The Hall–Kier alpha value is -2.84. The van der Waals surface area contributed by atoms with Crippen molar-refractivity contribution in [3.05, 3.63) is 53.6 Å². The van der Waals surface area contributed by atoms with Crippen LogP contribution in [0.1, 0.15) is 15.9 Å². The quantitative estimate of drug-likeness (QED) is 0.660. The fourth-order valence-electron chi connectivity index (χ4n) is 1.94. The maximum Gasteiger partial charge on any atom is 0.338 e. The van der Waals surface area contributed by atoms with Crippen LogP contribution in [0.2, 0.25) is 0 Å². The lowest BCUT2D eigenvalue weighted by molar-refractivity contribution is 0.0601. The fourth-order valence-corrected chi connectivity index (χ4v) is 1.94. The summed E-state index contributed by atoms with van der Waals surface area (Å²) in [5.41, 5.74) is 4.40. The van der Waals surface area contributed by atoms with Crippen LogP contribution in [0.15, 0.2) is 42.5 Å². The second kappa shape index (κ2) is 5.87. The van der Waals surface area contributed by atoms with E-state index in [9.17, 15) is 4.79 Å². The van der Waals surface area contributed by atoms with Crippen molar-refractivity contribution >= 4 is 11.7 Å². The molecule has 20 heavy (non-hydrogen) atoms. The predicted molar refractivity (Wildman–Crippen MR) is 73.3 cm³/mol. The highest BCUT2D eigenvalue weighted by atomic mass is 16.5. The monoisotopic (exact) mass is 268 g/mol. The highest BCUT2D eigenvalue weighted by Gasteiger charge is 2.16. The van der Waals surface area contributed by atoms with Crippen molar-refractivity contribution in [3.63, 3.8) is 0 Å². The normalized spacial score (nSPS) is 9.65. The smallest absolute Gasteiger partial charge is 0.338 e. The summed E-state index contributed by atoms with van der Waals surface area (Å²) in [6.45, 7) is 0. The van der Waals surface area contributed by atoms with E-state index in [0.717, 1.165) is 0 Å². The first-order chi connectivity index (χ1) is 9.71. The third kappa shape index (κ3) is 2.46. The van der Waals surface area contributed by atoms with Crippen LogP contribution in [0.3, 0.4) is 0 Å². The molecule has 0 fully saturated rings. The Balaban J connectivity index is 2.67. The molecule has 0 saturated carbocycles. The number of esters is 1. The SMILES string of the molecule is COC(=O)c1cc(C#N)ccc1-c1ccccc1NO. The van der Waals surface area contributed by atoms with Crippen LogP contribution in [-0.2, 0) is 4.74 Å². The van der Waals surface area contributed by atoms with Crippen LogP contribution in [0.4, 0.5) is 5.69 Å². The molecule has 100 valence electrons. The third-order valence-electron chi connectivity index (χ3n) is 2.89. The lowest BCUT2D eigenvalue weighted by Crippen LogP contribution is -2.05. The topological polar surface area (TPSA) is 82.4 Å². The van der Waals surface area contributed by atoms with Gasteiger partial charge in [-0.15, -0.1) is 0 Å². The van der Waals surface area contributed by atoms with Crippen LogP contribution in [0, 0.1) is 11.3 Å². The minimum Gasteiger partial charge on any atom is -0.465 e. The first-order valence-corrected chi connectivity index (χ1v) is 5.83. The summed E-state index contributed by atoms with van der Waals surface area (Å²) >= 11 is 0. The summed E-state index contributed by atoms with van der Waals surface area (Å²) in [5.74, 6) is -0.537. The molecule has 2 N–H and O–H groups in total. The van der Waals surface area contributed by atoms with Gasteiger partial charge in [0.1, 0.15) is 0 Å². The number of nitrogens with zero attached hydrogens (tertiary/aromatic N) is 1. The van der Waals surface area contributed by atoms with E-state index in [1.54, 1.807) is 36.4 Å². The third-order valence-corrected chi connectivity index (χ3v) is 2.89. The van der Waals surface area contributed by atoms with E-state index in [1.807, 2.05) is 6.07 Å². The summed E-state index contributed by atoms with van der Waals surface area (Å²) in [7, 11) is 1.28. The predicted octanol–water partition coefficient (Wildman–Crippen LogP) is 2.81. The molecular weight excluding hydrogens is 256 g/mol. The van der Waals surface area contributed by atoms with Gasteiger partial charge in [-0.25, -0.2) is 4.79 Å². The first kappa shape index (κ1) is 13.6. The van der Waals surface area contributed by atoms with E-state index in [4.69, 9.17) is 15.2 Å². The standard InChI is InChI=1S/C15H12N2O3/c1-20-15(18)13-8-10(9-16)6-7-11(13)12-4-2-3-5-14(12)17-19/h2-8,17,19H,1H3. The van der Waals surface area contributed by atoms with Crippen LogP contribution in [-0.4, -0.2) is 18.3 Å². The van der Waals surface area contributed by atoms with Crippen LogP contribution < -0.4 is 5.48 Å². The van der Waals surface area contributed by atoms with Crippen LogP contribution in [0.25, 0.3) is 11.1 Å². The molecule has 5 heteroatoms. The van der Waals surface area contributed by atoms with Crippen molar-refractivity contribution in [2.45, 2.75) is 0 Å². The molecule has 2 rings (SSSR count). The Labute approximate surface area is 116 Å². The average Bonchev–Trinajstić information content (AvgIpc) is 2.53. The van der Waals surface area contributed by atoms with Crippen molar-refractivity contribution in [1.82, 2.24) is 0 Å². The van der Waals surface area contributed by atoms with E-state index in [0.29, 0.717) is 22.4 Å². The highest BCUT2D eigenvalue weighted by Crippen LogP contribution is 2.31. The number of carbonyl (C=O) groups is 1. The van der Waals surface area contributed by atoms with E-state index < -0.39 is 5.97 Å². The van der Waals surface area contributed by atoms with E-state index >= 15 is 0 Å². The van der Waals surface area contributed by atoms with Gasteiger partial charge in [0.05, 0.1) is 30.0 Å². The molecule has 0 amide bonds. The van der Waals surface area contributed by atoms with Gasteiger partial charge in [-0.2, -0.15) is 5.26 Å². The largest absolute Gasteiger partial charge is 0.465 e. The lowest BCUT2D eigenvalue weighted by Gasteiger charge is -2.12. The van der Waals surface area contributed by atoms with E-state index in [2.05, 4.69) is 5.48 Å². The summed E-state index contributed by atoms with van der Waals surface area (Å²) < 4.78 is 4.74. The van der Waals surface area contributed by atoms with Crippen molar-refractivity contribution in [3.8, 4) is 17.2 Å². The second-order valence-electron chi connectivity index (χ2n) is 4.02. The molecule has 0 heterocycles. The summed E-state index contributed by atoms with van der Waals surface area (Å²) in [6.07, 6.45) is 0. The van der Waals surface area contributed by atoms with Crippen LogP contribution in [0.5, 0.6) is 0 Å². The van der Waals surface area contributed by atoms with Gasteiger partial charge < -0.3 is 4.74 Å². The van der Waals surface area contributed by atoms with Gasteiger partial charge in [-0.1, -0.05) is 24.3 Å². The fraction of sp³-hybridized carbons (Fsp3) is 0.0667. The summed E-state index contributed by atoms with van der Waals surface area (Å²) in [4.78, 5) is 11.9. The van der Waals surface area contributed by atoms with Gasteiger partial charge in [0.2, 0.25) is 0 Å². The maximum atomic E-state index is 11.9. The number of methoxy groups -OCH3 is 1. The number of benzene rings is 2. The average molecular weight is 268 g/mol. The summed E-state index contributed by atoms with van der Waals surface area (Å²) in [6, 6.07) is 13.7. The molecule has 0 aliphatic rings. The molecule has 2 aromatic carbocycles. The van der Waals surface area contributed by atoms with Gasteiger partial charge in [0.15, 0.2) is 0 Å². The van der Waals surface area contributed by atoms with Crippen LogP contribution >= 0.6 is 0 Å². The molecule has 0 spiro atoms. The Morgan fingerprint density at radius 1 is 1.25 bits per heavy atom. The number of carbonyl (C=O) groups excluding carboxylic acids is 1. The zero-order valence-electron chi connectivity index (χ0n) is 10.8. The Morgan fingerprint density at radius 2 is 2.00 bits per heavy atom. The molecule has 0 atom stereocenters. The Bertz CT molecular complexity index is 690. The number of nitrogens with one attached hydrogen (secondary N) is 1.